The van der Waals surface area contributed by atoms with E-state index in [1.165, 1.54) is 0 Å². The SMILES string of the molecule is NC1(C(=O)N2CCCC(CCC(=O)O)C2)CCOCC1. The van der Waals surface area contributed by atoms with Gasteiger partial charge in [-0.1, -0.05) is 0 Å². The number of carbonyl (C=O) groups excluding carboxylic acids is 1. The van der Waals surface area contributed by atoms with Crippen LogP contribution in [0.15, 0.2) is 0 Å². The van der Waals surface area contributed by atoms with Crippen LogP contribution < -0.4 is 5.73 Å². The van der Waals surface area contributed by atoms with Gasteiger partial charge in [0.05, 0.1) is 5.54 Å². The van der Waals surface area contributed by atoms with E-state index >= 15 is 0 Å². The molecule has 2 saturated heterocycles. The van der Waals surface area contributed by atoms with Gasteiger partial charge in [-0.3, -0.25) is 9.59 Å². The molecule has 6 nitrogen and oxygen atoms in total. The summed E-state index contributed by atoms with van der Waals surface area (Å²) >= 11 is 0. The molecule has 0 aliphatic carbocycles. The number of nitrogens with two attached hydrogens (primary N) is 1. The van der Waals surface area contributed by atoms with Crippen LogP contribution in [0.5, 0.6) is 0 Å². The van der Waals surface area contributed by atoms with Crippen LogP contribution in [0, 0.1) is 5.92 Å². The molecular weight excluding hydrogens is 260 g/mol. The highest BCUT2D eigenvalue weighted by atomic mass is 16.5. The summed E-state index contributed by atoms with van der Waals surface area (Å²) in [6.45, 7) is 2.46. The largest absolute Gasteiger partial charge is 0.481 e. The molecule has 3 N–H and O–H groups in total. The highest BCUT2D eigenvalue weighted by Gasteiger charge is 2.40. The van der Waals surface area contributed by atoms with E-state index in [-0.39, 0.29) is 18.2 Å². The van der Waals surface area contributed by atoms with Gasteiger partial charge in [-0.25, -0.2) is 0 Å². The van der Waals surface area contributed by atoms with Gasteiger partial charge in [0.1, 0.15) is 0 Å². The molecule has 0 aromatic rings. The third kappa shape index (κ3) is 3.70. The highest BCUT2D eigenvalue weighted by molar-refractivity contribution is 5.86. The molecule has 1 amide bonds. The van der Waals surface area contributed by atoms with Crippen LogP contribution in [0.25, 0.3) is 0 Å². The van der Waals surface area contributed by atoms with Gasteiger partial charge < -0.3 is 20.5 Å². The summed E-state index contributed by atoms with van der Waals surface area (Å²) in [7, 11) is 0. The topological polar surface area (TPSA) is 92.9 Å². The molecule has 2 fully saturated rings. The Morgan fingerprint density at radius 1 is 1.35 bits per heavy atom. The Morgan fingerprint density at radius 3 is 2.70 bits per heavy atom. The first kappa shape index (κ1) is 15.3. The normalized spacial score (nSPS) is 26.2. The Balaban J connectivity index is 1.90. The van der Waals surface area contributed by atoms with Crippen molar-refractivity contribution in [2.75, 3.05) is 26.3 Å². The van der Waals surface area contributed by atoms with Crippen molar-refractivity contribution in [1.82, 2.24) is 4.90 Å². The monoisotopic (exact) mass is 284 g/mol. The molecule has 0 spiro atoms. The third-order valence-electron chi connectivity index (χ3n) is 4.38. The van der Waals surface area contributed by atoms with Gasteiger partial charge in [-0.05, 0) is 38.0 Å². The highest BCUT2D eigenvalue weighted by Crippen LogP contribution is 2.26. The lowest BCUT2D eigenvalue weighted by Crippen LogP contribution is -2.59. The molecule has 2 rings (SSSR count). The van der Waals surface area contributed by atoms with Gasteiger partial charge in [0, 0.05) is 32.7 Å². The minimum absolute atomic E-state index is 0.0147. The Bertz CT molecular complexity index is 366. The number of hydrogen-bond acceptors (Lipinski definition) is 4. The van der Waals surface area contributed by atoms with E-state index in [4.69, 9.17) is 15.6 Å². The zero-order valence-electron chi connectivity index (χ0n) is 11.8. The van der Waals surface area contributed by atoms with Crippen molar-refractivity contribution >= 4 is 11.9 Å². The van der Waals surface area contributed by atoms with Crippen LogP contribution in [-0.2, 0) is 14.3 Å². The third-order valence-corrected chi connectivity index (χ3v) is 4.38. The molecule has 0 radical (unpaired) electrons. The zero-order chi connectivity index (χ0) is 14.6. The Kier molecular flexibility index (Phi) is 4.99. The number of aliphatic carboxylic acids is 1. The van der Waals surface area contributed by atoms with Gasteiger partial charge in [-0.15, -0.1) is 0 Å². The summed E-state index contributed by atoms with van der Waals surface area (Å²) < 4.78 is 5.27. The molecule has 0 saturated carbocycles. The Labute approximate surface area is 119 Å². The molecule has 0 bridgehead atoms. The van der Waals surface area contributed by atoms with E-state index in [1.807, 2.05) is 4.90 Å². The van der Waals surface area contributed by atoms with E-state index in [0.29, 0.717) is 39.0 Å². The Hall–Kier alpha value is -1.14. The number of hydrogen-bond donors (Lipinski definition) is 2. The number of piperidine rings is 1. The summed E-state index contributed by atoms with van der Waals surface area (Å²) in [5.74, 6) is -0.471. The average Bonchev–Trinajstić information content (AvgIpc) is 2.45. The van der Waals surface area contributed by atoms with E-state index < -0.39 is 11.5 Å². The number of ether oxygens (including phenoxy) is 1. The first-order chi connectivity index (χ1) is 9.51. The number of carboxylic acids is 1. The molecule has 0 aromatic heterocycles. The second-order valence-corrected chi connectivity index (χ2v) is 5.96. The van der Waals surface area contributed by atoms with Gasteiger partial charge in [0.25, 0.3) is 0 Å². The fourth-order valence-electron chi connectivity index (χ4n) is 3.08. The maximum Gasteiger partial charge on any atom is 0.303 e. The lowest BCUT2D eigenvalue weighted by molar-refractivity contribution is -0.142. The quantitative estimate of drug-likeness (QED) is 0.788. The van der Waals surface area contributed by atoms with Crippen molar-refractivity contribution in [1.29, 1.82) is 0 Å². The number of amides is 1. The summed E-state index contributed by atoms with van der Waals surface area (Å²) in [5, 5.41) is 8.75. The molecule has 0 aromatic carbocycles. The number of likely N-dealkylation sites (tertiary alicyclic amines) is 1. The number of rotatable bonds is 4. The second-order valence-electron chi connectivity index (χ2n) is 5.96. The predicted molar refractivity (Wildman–Crippen MR) is 73.1 cm³/mol. The molecular formula is C14H24N2O4. The maximum atomic E-state index is 12.6. The number of nitrogens with zero attached hydrogens (tertiary/aromatic N) is 1. The zero-order valence-corrected chi connectivity index (χ0v) is 11.8. The summed E-state index contributed by atoms with van der Waals surface area (Å²) in [5.41, 5.74) is 5.45. The minimum Gasteiger partial charge on any atom is -0.481 e. The van der Waals surface area contributed by atoms with E-state index in [1.54, 1.807) is 0 Å². The fourth-order valence-corrected chi connectivity index (χ4v) is 3.08. The number of carbonyl (C=O) groups is 2. The first-order valence-electron chi connectivity index (χ1n) is 7.39. The molecule has 114 valence electrons. The standard InChI is InChI=1S/C14H24N2O4/c15-14(5-8-20-9-6-14)13(19)16-7-1-2-11(10-16)3-4-12(17)18/h11H,1-10,15H2,(H,17,18). The van der Waals surface area contributed by atoms with Crippen LogP contribution in [0.3, 0.4) is 0 Å². The van der Waals surface area contributed by atoms with Crippen LogP contribution in [-0.4, -0.2) is 53.7 Å². The van der Waals surface area contributed by atoms with Gasteiger partial charge >= 0.3 is 5.97 Å². The second kappa shape index (κ2) is 6.54. The van der Waals surface area contributed by atoms with Crippen molar-refractivity contribution < 1.29 is 19.4 Å². The molecule has 1 unspecified atom stereocenters. The van der Waals surface area contributed by atoms with E-state index in [9.17, 15) is 9.59 Å². The summed E-state index contributed by atoms with van der Waals surface area (Å²) in [6, 6.07) is 0. The molecule has 2 aliphatic rings. The smallest absolute Gasteiger partial charge is 0.303 e. The van der Waals surface area contributed by atoms with Crippen LogP contribution in [0.4, 0.5) is 0 Å². The van der Waals surface area contributed by atoms with Crippen LogP contribution in [0.1, 0.15) is 38.5 Å². The summed E-state index contributed by atoms with van der Waals surface area (Å²) in [6.07, 6.45) is 3.89. The van der Waals surface area contributed by atoms with Crippen molar-refractivity contribution in [3.8, 4) is 0 Å². The van der Waals surface area contributed by atoms with E-state index in [2.05, 4.69) is 0 Å². The van der Waals surface area contributed by atoms with Crippen molar-refractivity contribution in [3.05, 3.63) is 0 Å². The number of carboxylic acid groups (broad SMARTS) is 1. The van der Waals surface area contributed by atoms with Crippen molar-refractivity contribution in [2.24, 2.45) is 11.7 Å². The van der Waals surface area contributed by atoms with Crippen LogP contribution in [0.2, 0.25) is 0 Å². The van der Waals surface area contributed by atoms with Crippen molar-refractivity contribution in [3.63, 3.8) is 0 Å². The lowest BCUT2D eigenvalue weighted by Gasteiger charge is -2.40. The molecule has 2 aliphatic heterocycles. The predicted octanol–water partition coefficient (Wildman–Crippen LogP) is 0.598. The minimum atomic E-state index is -0.785. The lowest BCUT2D eigenvalue weighted by atomic mass is 9.87. The first-order valence-corrected chi connectivity index (χ1v) is 7.39. The fraction of sp³-hybridized carbons (Fsp3) is 0.857. The van der Waals surface area contributed by atoms with Crippen LogP contribution >= 0.6 is 0 Å². The van der Waals surface area contributed by atoms with Gasteiger partial charge in [0.2, 0.25) is 5.91 Å². The maximum absolute atomic E-state index is 12.6. The Morgan fingerprint density at radius 2 is 2.05 bits per heavy atom. The van der Waals surface area contributed by atoms with Gasteiger partial charge in [-0.2, -0.15) is 0 Å². The molecule has 20 heavy (non-hydrogen) atoms. The average molecular weight is 284 g/mol. The van der Waals surface area contributed by atoms with Gasteiger partial charge in [0.15, 0.2) is 0 Å². The summed E-state index contributed by atoms with van der Waals surface area (Å²) in [4.78, 5) is 25.1. The molecule has 6 heteroatoms. The van der Waals surface area contributed by atoms with E-state index in [0.717, 1.165) is 19.4 Å². The van der Waals surface area contributed by atoms with Crippen molar-refractivity contribution in [2.45, 2.75) is 44.1 Å². The molecule has 2 heterocycles. The molecule has 1 atom stereocenters.